The van der Waals surface area contributed by atoms with Gasteiger partial charge in [-0.1, -0.05) is 12.1 Å². The van der Waals surface area contributed by atoms with E-state index in [1.54, 1.807) is 6.07 Å². The molecule has 2 fully saturated rings. The predicted molar refractivity (Wildman–Crippen MR) is 90.6 cm³/mol. The third-order valence-corrected chi connectivity index (χ3v) is 5.38. The van der Waals surface area contributed by atoms with Gasteiger partial charge in [0.05, 0.1) is 23.6 Å². The van der Waals surface area contributed by atoms with Crippen molar-refractivity contribution in [3.8, 4) is 17.4 Å². The van der Waals surface area contributed by atoms with Gasteiger partial charge in [-0.05, 0) is 24.3 Å². The van der Waals surface area contributed by atoms with Crippen LogP contribution in [0.25, 0.3) is 11.3 Å². The van der Waals surface area contributed by atoms with E-state index in [1.165, 1.54) is 0 Å². The normalized spacial score (nSPS) is 25.6. The van der Waals surface area contributed by atoms with Crippen LogP contribution in [-0.2, 0) is 11.3 Å². The summed E-state index contributed by atoms with van der Waals surface area (Å²) in [6.07, 6.45) is 0. The number of benzene rings is 1. The van der Waals surface area contributed by atoms with E-state index < -0.39 is 11.4 Å². The maximum atomic E-state index is 11.7. The van der Waals surface area contributed by atoms with Crippen molar-refractivity contribution in [1.29, 1.82) is 5.26 Å². The Labute approximate surface area is 145 Å². The van der Waals surface area contributed by atoms with Gasteiger partial charge >= 0.3 is 5.97 Å². The zero-order valence-electron chi connectivity index (χ0n) is 13.7. The van der Waals surface area contributed by atoms with Gasteiger partial charge in [-0.25, -0.2) is 0 Å². The van der Waals surface area contributed by atoms with Gasteiger partial charge in [-0.15, -0.1) is 0 Å². The largest absolute Gasteiger partial charge is 0.481 e. The third-order valence-electron chi connectivity index (χ3n) is 5.38. The summed E-state index contributed by atoms with van der Waals surface area (Å²) < 4.78 is 5.93. The first kappa shape index (κ1) is 15.9. The van der Waals surface area contributed by atoms with Crippen LogP contribution in [-0.4, -0.2) is 42.2 Å². The highest BCUT2D eigenvalue weighted by atomic mass is 16.4. The van der Waals surface area contributed by atoms with Gasteiger partial charge in [0, 0.05) is 37.7 Å². The van der Waals surface area contributed by atoms with Crippen molar-refractivity contribution in [1.82, 2.24) is 10.2 Å². The number of fused-ring (bicyclic) bond motifs is 1. The highest BCUT2D eigenvalue weighted by Gasteiger charge is 2.55. The number of hydrogen-bond donors (Lipinski definition) is 2. The van der Waals surface area contributed by atoms with E-state index in [4.69, 9.17) is 4.42 Å². The lowest BCUT2D eigenvalue weighted by molar-refractivity contribution is -0.148. The molecule has 0 amide bonds. The van der Waals surface area contributed by atoms with Crippen LogP contribution in [0.15, 0.2) is 40.8 Å². The number of likely N-dealkylation sites (tertiary alicyclic amines) is 1. The molecule has 0 unspecified atom stereocenters. The minimum Gasteiger partial charge on any atom is -0.481 e. The molecule has 0 spiro atoms. The van der Waals surface area contributed by atoms with Crippen molar-refractivity contribution in [2.24, 2.45) is 11.3 Å². The molecule has 2 aliphatic rings. The molecule has 2 aliphatic heterocycles. The first-order valence-electron chi connectivity index (χ1n) is 8.37. The first-order chi connectivity index (χ1) is 12.1. The molecule has 2 atom stereocenters. The van der Waals surface area contributed by atoms with Crippen molar-refractivity contribution >= 4 is 5.97 Å². The Hall–Kier alpha value is -2.62. The number of aliphatic carboxylic acids is 1. The molecule has 1 aromatic heterocycles. The molecular weight excluding hydrogens is 318 g/mol. The molecule has 0 aliphatic carbocycles. The fraction of sp³-hybridized carbons (Fsp3) is 0.368. The van der Waals surface area contributed by atoms with Gasteiger partial charge in [0.15, 0.2) is 0 Å². The van der Waals surface area contributed by atoms with Crippen LogP contribution in [0.3, 0.4) is 0 Å². The van der Waals surface area contributed by atoms with Crippen LogP contribution in [0.4, 0.5) is 0 Å². The highest BCUT2D eigenvalue weighted by molar-refractivity contribution is 5.77. The van der Waals surface area contributed by atoms with E-state index in [2.05, 4.69) is 16.3 Å². The topological polar surface area (TPSA) is 89.5 Å². The molecule has 6 nitrogen and oxygen atoms in total. The third kappa shape index (κ3) is 2.62. The fourth-order valence-electron chi connectivity index (χ4n) is 4.07. The Morgan fingerprint density at radius 3 is 3.00 bits per heavy atom. The summed E-state index contributed by atoms with van der Waals surface area (Å²) in [5, 5.41) is 22.1. The minimum atomic E-state index is -0.715. The number of carboxylic acids is 1. The SMILES string of the molecule is N#Cc1ccccc1-c1ccc(CN2C[C@@H]3CNC[C@]3(C(=O)O)C2)o1. The van der Waals surface area contributed by atoms with Gasteiger partial charge in [-0.2, -0.15) is 5.26 Å². The molecular formula is C19H19N3O3. The lowest BCUT2D eigenvalue weighted by Gasteiger charge is -2.22. The van der Waals surface area contributed by atoms with E-state index >= 15 is 0 Å². The molecule has 25 heavy (non-hydrogen) atoms. The number of nitriles is 1. The number of rotatable bonds is 4. The predicted octanol–water partition coefficient (Wildman–Crippen LogP) is 1.92. The van der Waals surface area contributed by atoms with Gasteiger partial charge in [0.25, 0.3) is 0 Å². The number of hydrogen-bond acceptors (Lipinski definition) is 5. The number of nitrogens with zero attached hydrogens (tertiary/aromatic N) is 2. The Morgan fingerprint density at radius 1 is 1.40 bits per heavy atom. The molecule has 128 valence electrons. The molecule has 0 saturated carbocycles. The quantitative estimate of drug-likeness (QED) is 0.886. The molecule has 2 N–H and O–H groups in total. The van der Waals surface area contributed by atoms with Crippen LogP contribution in [0.2, 0.25) is 0 Å². The first-order valence-corrected chi connectivity index (χ1v) is 8.37. The average molecular weight is 337 g/mol. The molecule has 3 heterocycles. The lowest BCUT2D eigenvalue weighted by atomic mass is 9.81. The zero-order valence-corrected chi connectivity index (χ0v) is 13.7. The van der Waals surface area contributed by atoms with Crippen LogP contribution >= 0.6 is 0 Å². The number of carboxylic acid groups (broad SMARTS) is 1. The molecule has 2 aromatic rings. The average Bonchev–Trinajstić information content (AvgIpc) is 3.29. The molecule has 6 heteroatoms. The van der Waals surface area contributed by atoms with Crippen molar-refractivity contribution < 1.29 is 14.3 Å². The van der Waals surface area contributed by atoms with Gasteiger partial charge < -0.3 is 14.8 Å². The Balaban J connectivity index is 1.51. The minimum absolute atomic E-state index is 0.138. The molecule has 2 saturated heterocycles. The molecule has 0 radical (unpaired) electrons. The van der Waals surface area contributed by atoms with E-state index in [1.807, 2.05) is 30.3 Å². The Morgan fingerprint density at radius 2 is 2.24 bits per heavy atom. The summed E-state index contributed by atoms with van der Waals surface area (Å²) in [5.41, 5.74) is 0.679. The second kappa shape index (κ2) is 6.03. The van der Waals surface area contributed by atoms with Gasteiger partial charge in [0.2, 0.25) is 0 Å². The molecule has 4 rings (SSSR count). The standard InChI is InChI=1S/C19H19N3O3/c20-7-13-3-1-2-4-16(13)17-6-5-15(25-17)10-22-9-14-8-21-11-19(14,12-22)18(23)24/h1-6,14,21H,8-12H2,(H,23,24)/t14-,19-/m0/s1. The number of carbonyl (C=O) groups is 1. The highest BCUT2D eigenvalue weighted by Crippen LogP contribution is 2.40. The van der Waals surface area contributed by atoms with Crippen molar-refractivity contribution in [2.45, 2.75) is 6.54 Å². The van der Waals surface area contributed by atoms with Gasteiger partial charge in [0.1, 0.15) is 11.5 Å². The summed E-state index contributed by atoms with van der Waals surface area (Å²) >= 11 is 0. The maximum absolute atomic E-state index is 11.7. The summed E-state index contributed by atoms with van der Waals surface area (Å²) in [4.78, 5) is 13.9. The zero-order chi connectivity index (χ0) is 17.4. The lowest BCUT2D eigenvalue weighted by Crippen LogP contribution is -2.40. The van der Waals surface area contributed by atoms with Crippen LogP contribution in [0.1, 0.15) is 11.3 Å². The second-order valence-electron chi connectivity index (χ2n) is 6.88. The fourth-order valence-corrected chi connectivity index (χ4v) is 4.07. The number of nitrogens with one attached hydrogen (secondary N) is 1. The number of furan rings is 1. The van der Waals surface area contributed by atoms with Crippen molar-refractivity contribution in [3.05, 3.63) is 47.7 Å². The van der Waals surface area contributed by atoms with Gasteiger partial charge in [-0.3, -0.25) is 9.69 Å². The Kier molecular flexibility index (Phi) is 3.83. The summed E-state index contributed by atoms with van der Waals surface area (Å²) in [6, 6.07) is 13.3. The molecule has 1 aromatic carbocycles. The van der Waals surface area contributed by atoms with Crippen LogP contribution in [0.5, 0.6) is 0 Å². The van der Waals surface area contributed by atoms with Crippen LogP contribution in [0, 0.1) is 22.7 Å². The molecule has 0 bridgehead atoms. The summed E-state index contributed by atoms with van der Waals surface area (Å²) in [5.74, 6) is 0.879. The monoisotopic (exact) mass is 337 g/mol. The Bertz CT molecular complexity index is 854. The van der Waals surface area contributed by atoms with E-state index in [0.29, 0.717) is 31.0 Å². The van der Waals surface area contributed by atoms with Crippen molar-refractivity contribution in [2.75, 3.05) is 26.2 Å². The summed E-state index contributed by atoms with van der Waals surface area (Å²) in [6.45, 7) is 3.15. The van der Waals surface area contributed by atoms with E-state index in [9.17, 15) is 15.2 Å². The maximum Gasteiger partial charge on any atom is 0.312 e. The van der Waals surface area contributed by atoms with Crippen LogP contribution < -0.4 is 5.32 Å². The smallest absolute Gasteiger partial charge is 0.312 e. The van der Waals surface area contributed by atoms with E-state index in [0.717, 1.165) is 24.4 Å². The second-order valence-corrected chi connectivity index (χ2v) is 6.88. The van der Waals surface area contributed by atoms with Crippen molar-refractivity contribution in [3.63, 3.8) is 0 Å². The van der Waals surface area contributed by atoms with E-state index in [-0.39, 0.29) is 5.92 Å². The summed E-state index contributed by atoms with van der Waals surface area (Å²) in [7, 11) is 0.